The van der Waals surface area contributed by atoms with Crippen LogP contribution in [0.15, 0.2) is 85.2 Å². The van der Waals surface area contributed by atoms with E-state index >= 15 is 0 Å². The second kappa shape index (κ2) is 10.4. The number of nitrogens with zero attached hydrogens (tertiary/aromatic N) is 4. The molecule has 1 aliphatic heterocycles. The predicted molar refractivity (Wildman–Crippen MR) is 133 cm³/mol. The van der Waals surface area contributed by atoms with Crippen molar-refractivity contribution in [2.75, 3.05) is 18.4 Å². The lowest BCUT2D eigenvalue weighted by Crippen LogP contribution is -2.39. The maximum absolute atomic E-state index is 14.1. The zero-order valence-electron chi connectivity index (χ0n) is 19.3. The third-order valence-electron chi connectivity index (χ3n) is 6.22. The summed E-state index contributed by atoms with van der Waals surface area (Å²) in [4.78, 5) is 28.4. The number of halogens is 1. The fraction of sp³-hybridized carbons (Fsp3) is 0.214. The van der Waals surface area contributed by atoms with Crippen molar-refractivity contribution in [1.29, 1.82) is 0 Å². The molecule has 5 rings (SSSR count). The molecule has 1 unspecified atom stereocenters. The van der Waals surface area contributed by atoms with Crippen molar-refractivity contribution in [2.24, 2.45) is 0 Å². The molecule has 0 radical (unpaired) electrons. The SMILES string of the molecule is O=C(c1cccc(Nc2ncccn2)c1)N1CCCC(c2cccc(Cc3ccccc3F)n2)C1. The van der Waals surface area contributed by atoms with Crippen molar-refractivity contribution in [1.82, 2.24) is 19.9 Å². The van der Waals surface area contributed by atoms with Crippen LogP contribution < -0.4 is 5.32 Å². The van der Waals surface area contributed by atoms with Crippen LogP contribution in [0.1, 0.15) is 46.1 Å². The van der Waals surface area contributed by atoms with Crippen molar-refractivity contribution >= 4 is 17.5 Å². The van der Waals surface area contributed by atoms with Crippen molar-refractivity contribution in [3.63, 3.8) is 0 Å². The Bertz CT molecular complexity index is 1310. The highest BCUT2D eigenvalue weighted by Crippen LogP contribution is 2.28. The Morgan fingerprint density at radius 1 is 1.00 bits per heavy atom. The van der Waals surface area contributed by atoms with Gasteiger partial charge >= 0.3 is 0 Å². The summed E-state index contributed by atoms with van der Waals surface area (Å²) in [5.74, 6) is 0.406. The van der Waals surface area contributed by atoms with Crippen LogP contribution >= 0.6 is 0 Å². The quantitative estimate of drug-likeness (QED) is 0.413. The van der Waals surface area contributed by atoms with E-state index in [2.05, 4.69) is 15.3 Å². The van der Waals surface area contributed by atoms with E-state index < -0.39 is 0 Å². The van der Waals surface area contributed by atoms with Crippen molar-refractivity contribution in [3.8, 4) is 0 Å². The van der Waals surface area contributed by atoms with Crippen LogP contribution in [0, 0.1) is 5.82 Å². The number of carbonyl (C=O) groups excluding carboxylic acids is 1. The average Bonchev–Trinajstić information content (AvgIpc) is 2.91. The molecule has 1 saturated heterocycles. The maximum atomic E-state index is 14.1. The van der Waals surface area contributed by atoms with Gasteiger partial charge < -0.3 is 10.2 Å². The van der Waals surface area contributed by atoms with E-state index in [1.165, 1.54) is 6.07 Å². The van der Waals surface area contributed by atoms with Gasteiger partial charge in [0.05, 0.1) is 0 Å². The molecule has 6 nitrogen and oxygen atoms in total. The number of carbonyl (C=O) groups is 1. The molecule has 0 spiro atoms. The fourth-order valence-electron chi connectivity index (χ4n) is 4.47. The third kappa shape index (κ3) is 5.51. The van der Waals surface area contributed by atoms with Crippen LogP contribution in [0.3, 0.4) is 0 Å². The Labute approximate surface area is 203 Å². The van der Waals surface area contributed by atoms with Gasteiger partial charge in [-0.3, -0.25) is 9.78 Å². The van der Waals surface area contributed by atoms with Gasteiger partial charge in [0.25, 0.3) is 5.91 Å². The fourth-order valence-corrected chi connectivity index (χ4v) is 4.47. The predicted octanol–water partition coefficient (Wildman–Crippen LogP) is 5.36. The van der Waals surface area contributed by atoms with Gasteiger partial charge in [0, 0.05) is 60.5 Å². The Kier molecular flexibility index (Phi) is 6.75. The number of likely N-dealkylation sites (tertiary alicyclic amines) is 1. The highest BCUT2D eigenvalue weighted by atomic mass is 19.1. The van der Waals surface area contributed by atoms with E-state index in [1.807, 2.05) is 53.4 Å². The zero-order valence-corrected chi connectivity index (χ0v) is 19.3. The van der Waals surface area contributed by atoms with E-state index in [0.29, 0.717) is 36.6 Å². The second-order valence-corrected chi connectivity index (χ2v) is 8.69. The largest absolute Gasteiger partial charge is 0.338 e. The molecule has 7 heteroatoms. The summed E-state index contributed by atoms with van der Waals surface area (Å²) in [6.07, 6.45) is 5.65. The first-order valence-corrected chi connectivity index (χ1v) is 11.8. The Balaban J connectivity index is 1.28. The monoisotopic (exact) mass is 467 g/mol. The third-order valence-corrected chi connectivity index (χ3v) is 6.22. The number of amides is 1. The molecule has 176 valence electrons. The lowest BCUT2D eigenvalue weighted by atomic mass is 9.93. The minimum atomic E-state index is -0.218. The minimum Gasteiger partial charge on any atom is -0.338 e. The second-order valence-electron chi connectivity index (χ2n) is 8.69. The van der Waals surface area contributed by atoms with Crippen LogP contribution in [0.2, 0.25) is 0 Å². The minimum absolute atomic E-state index is 0.00478. The van der Waals surface area contributed by atoms with E-state index in [-0.39, 0.29) is 17.6 Å². The average molecular weight is 468 g/mol. The smallest absolute Gasteiger partial charge is 0.253 e. The van der Waals surface area contributed by atoms with Gasteiger partial charge in [-0.15, -0.1) is 0 Å². The molecular formula is C28H26FN5O. The lowest BCUT2D eigenvalue weighted by Gasteiger charge is -2.33. The van der Waals surface area contributed by atoms with Crippen molar-refractivity contribution in [3.05, 3.63) is 114 Å². The van der Waals surface area contributed by atoms with Gasteiger partial charge in [-0.05, 0) is 60.9 Å². The summed E-state index contributed by atoms with van der Waals surface area (Å²) in [6, 6.07) is 21.9. The van der Waals surface area contributed by atoms with Crippen LogP contribution in [0.25, 0.3) is 0 Å². The summed E-state index contributed by atoms with van der Waals surface area (Å²) >= 11 is 0. The van der Waals surface area contributed by atoms with Gasteiger partial charge in [-0.25, -0.2) is 14.4 Å². The Hall–Kier alpha value is -4.13. The number of aromatic nitrogens is 3. The molecule has 2 aromatic heterocycles. The molecule has 1 amide bonds. The van der Waals surface area contributed by atoms with Gasteiger partial charge in [0.1, 0.15) is 5.82 Å². The van der Waals surface area contributed by atoms with E-state index in [1.54, 1.807) is 30.6 Å². The van der Waals surface area contributed by atoms with Gasteiger partial charge in [0.2, 0.25) is 5.95 Å². The number of nitrogens with one attached hydrogen (secondary N) is 1. The van der Waals surface area contributed by atoms with Crippen LogP contribution in [0.5, 0.6) is 0 Å². The molecule has 1 fully saturated rings. The van der Waals surface area contributed by atoms with Gasteiger partial charge in [-0.2, -0.15) is 0 Å². The Morgan fingerprint density at radius 2 is 1.83 bits per heavy atom. The van der Waals surface area contributed by atoms with Crippen molar-refractivity contribution in [2.45, 2.75) is 25.2 Å². The van der Waals surface area contributed by atoms with E-state index in [9.17, 15) is 9.18 Å². The molecule has 35 heavy (non-hydrogen) atoms. The summed E-state index contributed by atoms with van der Waals surface area (Å²) in [5.41, 5.74) is 3.80. The number of piperidine rings is 1. The topological polar surface area (TPSA) is 71.0 Å². The zero-order chi connectivity index (χ0) is 24.0. The number of hydrogen-bond acceptors (Lipinski definition) is 5. The van der Waals surface area contributed by atoms with Crippen LogP contribution in [-0.4, -0.2) is 38.8 Å². The summed E-state index contributed by atoms with van der Waals surface area (Å²) in [5, 5.41) is 3.14. The number of anilines is 2. The lowest BCUT2D eigenvalue weighted by molar-refractivity contribution is 0.0706. The molecule has 1 aliphatic rings. The molecule has 1 atom stereocenters. The molecule has 1 N–H and O–H groups in total. The maximum Gasteiger partial charge on any atom is 0.253 e. The van der Waals surface area contributed by atoms with E-state index in [4.69, 9.17) is 4.98 Å². The molecule has 4 aromatic rings. The van der Waals surface area contributed by atoms with Gasteiger partial charge in [-0.1, -0.05) is 30.3 Å². The first-order chi connectivity index (χ1) is 17.2. The molecule has 3 heterocycles. The standard InChI is InChI=1S/C28H26FN5O/c29-25-12-2-1-7-20(25)17-23-11-4-13-26(32-23)22-9-5-16-34(19-22)27(35)21-8-3-10-24(18-21)33-28-30-14-6-15-31-28/h1-4,6-8,10-15,18,22H,5,9,16-17,19H2,(H,30,31,33). The number of hydrogen-bond donors (Lipinski definition) is 1. The van der Waals surface area contributed by atoms with Crippen LogP contribution in [-0.2, 0) is 6.42 Å². The molecule has 2 aromatic carbocycles. The highest BCUT2D eigenvalue weighted by Gasteiger charge is 2.26. The summed E-state index contributed by atoms with van der Waals surface area (Å²) in [7, 11) is 0. The highest BCUT2D eigenvalue weighted by molar-refractivity contribution is 5.95. The molecule has 0 bridgehead atoms. The molecular weight excluding hydrogens is 441 g/mol. The first kappa shape index (κ1) is 22.7. The summed E-state index contributed by atoms with van der Waals surface area (Å²) in [6.45, 7) is 1.32. The first-order valence-electron chi connectivity index (χ1n) is 11.8. The van der Waals surface area contributed by atoms with Crippen LogP contribution in [0.4, 0.5) is 16.0 Å². The summed E-state index contributed by atoms with van der Waals surface area (Å²) < 4.78 is 14.1. The molecule has 0 saturated carbocycles. The van der Waals surface area contributed by atoms with Gasteiger partial charge in [0.15, 0.2) is 0 Å². The van der Waals surface area contributed by atoms with Crippen molar-refractivity contribution < 1.29 is 9.18 Å². The number of pyridine rings is 1. The normalized spacial score (nSPS) is 15.6. The number of benzene rings is 2. The molecule has 0 aliphatic carbocycles. The number of rotatable bonds is 6. The Morgan fingerprint density at radius 3 is 2.69 bits per heavy atom. The van der Waals surface area contributed by atoms with E-state index in [0.717, 1.165) is 29.9 Å².